The van der Waals surface area contributed by atoms with E-state index in [1.54, 1.807) is 4.31 Å². The van der Waals surface area contributed by atoms with Gasteiger partial charge in [0.25, 0.3) is 0 Å². The first-order valence-corrected chi connectivity index (χ1v) is 15.0. The van der Waals surface area contributed by atoms with E-state index < -0.39 is 10.0 Å². The molecule has 0 bridgehead atoms. The summed E-state index contributed by atoms with van der Waals surface area (Å²) in [6.45, 7) is 9.40. The second kappa shape index (κ2) is 8.64. The Morgan fingerprint density at radius 3 is 2.15 bits per heavy atom. The van der Waals surface area contributed by atoms with Crippen LogP contribution in [0.15, 0.2) is 34.1 Å². The number of nitrogens with zero attached hydrogens (tertiary/aromatic N) is 3. The molecule has 0 spiro atoms. The van der Waals surface area contributed by atoms with Gasteiger partial charge in [-0.2, -0.15) is 4.31 Å². The Hall–Kier alpha value is -1.90. The molecule has 8 heteroatoms. The van der Waals surface area contributed by atoms with E-state index in [2.05, 4.69) is 53.2 Å². The molecule has 182 valence electrons. The summed E-state index contributed by atoms with van der Waals surface area (Å²) in [7, 11) is -3.08. The zero-order valence-corrected chi connectivity index (χ0v) is 21.8. The number of hydrogen-bond acceptors (Lipinski definition) is 6. The minimum Gasteiger partial charge on any atom is -0.371 e. The van der Waals surface area contributed by atoms with Crippen LogP contribution in [0.4, 0.5) is 22.7 Å². The smallest absolute Gasteiger partial charge is 0.217 e. The van der Waals surface area contributed by atoms with Gasteiger partial charge in [-0.05, 0) is 74.4 Å². The van der Waals surface area contributed by atoms with Crippen molar-refractivity contribution in [3.05, 3.63) is 35.4 Å². The molecule has 1 saturated carbocycles. The molecule has 34 heavy (non-hydrogen) atoms. The van der Waals surface area contributed by atoms with Crippen molar-refractivity contribution in [3.63, 3.8) is 0 Å². The summed E-state index contributed by atoms with van der Waals surface area (Å²) >= 11 is 1.87. The molecule has 0 amide bonds. The largest absolute Gasteiger partial charge is 0.371 e. The molecule has 3 aliphatic heterocycles. The van der Waals surface area contributed by atoms with Gasteiger partial charge in [0.1, 0.15) is 0 Å². The minimum absolute atomic E-state index is 0.119. The van der Waals surface area contributed by atoms with Crippen LogP contribution < -0.4 is 15.1 Å². The van der Waals surface area contributed by atoms with Gasteiger partial charge < -0.3 is 15.1 Å². The molecule has 6 nitrogen and oxygen atoms in total. The highest BCUT2D eigenvalue weighted by molar-refractivity contribution is 7.99. The fraction of sp³-hybridized carbons (Fsp3) is 0.538. The van der Waals surface area contributed by atoms with Crippen molar-refractivity contribution in [2.45, 2.75) is 61.0 Å². The van der Waals surface area contributed by atoms with Crippen LogP contribution >= 0.6 is 11.8 Å². The topological polar surface area (TPSA) is 55.9 Å². The normalized spacial score (nSPS) is 20.8. The number of rotatable bonds is 5. The third kappa shape index (κ3) is 3.97. The highest BCUT2D eigenvalue weighted by Crippen LogP contribution is 2.50. The van der Waals surface area contributed by atoms with Crippen molar-refractivity contribution in [1.29, 1.82) is 0 Å². The number of benzene rings is 2. The molecule has 0 aromatic heterocycles. The van der Waals surface area contributed by atoms with E-state index in [1.807, 2.05) is 11.8 Å². The average Bonchev–Trinajstić information content (AvgIpc) is 3.58. The first-order valence-electron chi connectivity index (χ1n) is 12.7. The van der Waals surface area contributed by atoms with E-state index in [0.29, 0.717) is 13.1 Å². The minimum atomic E-state index is -3.08. The van der Waals surface area contributed by atoms with Crippen LogP contribution in [-0.4, -0.2) is 57.2 Å². The fourth-order valence-electron chi connectivity index (χ4n) is 5.50. The Kier molecular flexibility index (Phi) is 5.73. The van der Waals surface area contributed by atoms with Crippen LogP contribution in [-0.2, 0) is 16.4 Å². The Bertz CT molecular complexity index is 1210. The number of fused-ring (bicyclic) bond motifs is 2. The number of aryl methyl sites for hydroxylation is 2. The molecular weight excluding hydrogens is 464 g/mol. The summed E-state index contributed by atoms with van der Waals surface area (Å²) in [6.07, 6.45) is 5.24. The summed E-state index contributed by atoms with van der Waals surface area (Å²) in [4.78, 5) is 7.44. The second-order valence-electron chi connectivity index (χ2n) is 10.0. The lowest BCUT2D eigenvalue weighted by atomic mass is 10.1. The van der Waals surface area contributed by atoms with Crippen LogP contribution in [0.3, 0.4) is 0 Å². The first-order chi connectivity index (χ1) is 16.4. The van der Waals surface area contributed by atoms with Gasteiger partial charge in [-0.1, -0.05) is 18.7 Å². The average molecular weight is 499 g/mol. The Balaban J connectivity index is 1.25. The zero-order chi connectivity index (χ0) is 23.4. The van der Waals surface area contributed by atoms with Crippen LogP contribution in [0.5, 0.6) is 0 Å². The number of sulfonamides is 1. The van der Waals surface area contributed by atoms with Gasteiger partial charge in [0.2, 0.25) is 10.0 Å². The molecule has 1 aliphatic carbocycles. The van der Waals surface area contributed by atoms with Gasteiger partial charge in [-0.3, -0.25) is 0 Å². The second-order valence-corrected chi connectivity index (χ2v) is 13.3. The fourth-order valence-corrected chi connectivity index (χ4v) is 8.52. The van der Waals surface area contributed by atoms with Crippen molar-refractivity contribution < 1.29 is 8.42 Å². The van der Waals surface area contributed by atoms with Crippen molar-refractivity contribution in [2.75, 3.05) is 54.4 Å². The van der Waals surface area contributed by atoms with Crippen LogP contribution in [0.2, 0.25) is 0 Å². The molecule has 3 heterocycles. The molecule has 2 aromatic carbocycles. The predicted molar refractivity (Wildman–Crippen MR) is 142 cm³/mol. The monoisotopic (exact) mass is 498 g/mol. The van der Waals surface area contributed by atoms with Gasteiger partial charge in [0, 0.05) is 60.4 Å². The Labute approximate surface area is 207 Å². The number of nitrogens with one attached hydrogen (secondary N) is 1. The standard InChI is InChI=1S/C26H34N4O2S2/c1-3-19-15-21(28-8-4-5-9-28)17-24-26(19)27-25-18(2)14-20(16-23(25)33-24)29-10-12-30(13-11-29)34(31,32)22-6-7-22/h14-17,22,27H,3-13H2,1-2H3. The number of hydrogen-bond donors (Lipinski definition) is 1. The summed E-state index contributed by atoms with van der Waals surface area (Å²) in [5, 5.41) is 3.66. The summed E-state index contributed by atoms with van der Waals surface area (Å²) in [5.74, 6) is 0. The van der Waals surface area contributed by atoms with Crippen LogP contribution in [0.1, 0.15) is 43.7 Å². The highest BCUT2D eigenvalue weighted by Gasteiger charge is 2.41. The molecular formula is C26H34N4O2S2. The van der Waals surface area contributed by atoms with E-state index in [9.17, 15) is 8.42 Å². The van der Waals surface area contributed by atoms with E-state index in [0.717, 1.165) is 45.4 Å². The van der Waals surface area contributed by atoms with Crippen molar-refractivity contribution in [2.24, 2.45) is 0 Å². The zero-order valence-electron chi connectivity index (χ0n) is 20.1. The molecule has 0 unspecified atom stereocenters. The van der Waals surface area contributed by atoms with E-state index in [4.69, 9.17) is 0 Å². The predicted octanol–water partition coefficient (Wildman–Crippen LogP) is 4.98. The molecule has 0 atom stereocenters. The highest BCUT2D eigenvalue weighted by atomic mass is 32.2. The van der Waals surface area contributed by atoms with Crippen LogP contribution in [0, 0.1) is 6.92 Å². The Morgan fingerprint density at radius 1 is 0.882 bits per heavy atom. The molecule has 2 aromatic rings. The molecule has 6 rings (SSSR count). The van der Waals surface area contributed by atoms with Crippen molar-refractivity contribution in [1.82, 2.24) is 4.31 Å². The Morgan fingerprint density at radius 2 is 1.50 bits per heavy atom. The van der Waals surface area contributed by atoms with Gasteiger partial charge in [-0.15, -0.1) is 0 Å². The van der Waals surface area contributed by atoms with E-state index in [1.165, 1.54) is 56.5 Å². The van der Waals surface area contributed by atoms with Gasteiger partial charge in [0.15, 0.2) is 0 Å². The number of piperazine rings is 1. The maximum absolute atomic E-state index is 12.6. The van der Waals surface area contributed by atoms with Crippen molar-refractivity contribution >= 4 is 44.5 Å². The maximum atomic E-state index is 12.6. The third-order valence-electron chi connectivity index (χ3n) is 7.68. The molecule has 3 fully saturated rings. The number of anilines is 4. The first kappa shape index (κ1) is 22.6. The van der Waals surface area contributed by atoms with Crippen molar-refractivity contribution in [3.8, 4) is 0 Å². The van der Waals surface area contributed by atoms with E-state index >= 15 is 0 Å². The molecule has 0 radical (unpaired) electrons. The molecule has 4 aliphatic rings. The lowest BCUT2D eigenvalue weighted by molar-refractivity contribution is 0.384. The van der Waals surface area contributed by atoms with Crippen LogP contribution in [0.25, 0.3) is 0 Å². The third-order valence-corrected chi connectivity index (χ3v) is 11.2. The summed E-state index contributed by atoms with van der Waals surface area (Å²) in [6, 6.07) is 9.29. The summed E-state index contributed by atoms with van der Waals surface area (Å²) in [5.41, 5.74) is 7.64. The SMILES string of the molecule is CCc1cc(N2CCCC2)cc2c1Nc1c(C)cc(N3CCN(S(=O)(=O)C4CC4)CC3)cc1S2. The molecule has 1 N–H and O–H groups in total. The van der Waals surface area contributed by atoms with E-state index in [-0.39, 0.29) is 5.25 Å². The lowest BCUT2D eigenvalue weighted by Crippen LogP contribution is -2.49. The quantitative estimate of drug-likeness (QED) is 0.536. The summed E-state index contributed by atoms with van der Waals surface area (Å²) < 4.78 is 27.0. The van der Waals surface area contributed by atoms with Gasteiger partial charge in [-0.25, -0.2) is 8.42 Å². The maximum Gasteiger partial charge on any atom is 0.217 e. The molecule has 2 saturated heterocycles. The van der Waals surface area contributed by atoms with Gasteiger partial charge in [0.05, 0.1) is 16.6 Å². The van der Waals surface area contributed by atoms with Gasteiger partial charge >= 0.3 is 0 Å². The lowest BCUT2D eigenvalue weighted by Gasteiger charge is -2.36.